The molecule has 2 nitrogen and oxygen atoms in total. The summed E-state index contributed by atoms with van der Waals surface area (Å²) in [6.45, 7) is -0.193. The fourth-order valence-electron chi connectivity index (χ4n) is 1.55. The molecule has 0 unspecified atom stereocenters. The number of carbonyl (C=O) groups is 1. The van der Waals surface area contributed by atoms with Crippen LogP contribution in [-0.2, 0) is 0 Å². The van der Waals surface area contributed by atoms with Gasteiger partial charge in [-0.15, -0.1) is 0 Å². The lowest BCUT2D eigenvalue weighted by Gasteiger charge is -2.10. The van der Waals surface area contributed by atoms with Crippen molar-refractivity contribution in [1.29, 1.82) is 0 Å². The number of ether oxygens (including phenoxy) is 1. The number of rotatable bonds is 4. The van der Waals surface area contributed by atoms with Gasteiger partial charge in [0.15, 0.2) is 18.1 Å². The van der Waals surface area contributed by atoms with Crippen molar-refractivity contribution in [3.8, 4) is 5.75 Å². The third-order valence-corrected chi connectivity index (χ3v) is 3.47. The molecule has 0 amide bonds. The molecule has 0 N–H and O–H groups in total. The van der Waals surface area contributed by atoms with Gasteiger partial charge in [-0.05, 0) is 24.3 Å². The highest BCUT2D eigenvalue weighted by Gasteiger charge is 2.12. The number of hydrogen-bond donors (Lipinski definition) is 0. The number of Topliss-reactive ketones (excluding diaryl/α,β-unsaturated/α-hetero) is 1. The molecule has 0 aliphatic heterocycles. The molecule has 0 spiro atoms. The molecule has 104 valence electrons. The summed E-state index contributed by atoms with van der Waals surface area (Å²) in [5.74, 6) is 0.00250. The molecule has 20 heavy (non-hydrogen) atoms. The monoisotopic (exact) mass is 348 g/mol. The second-order valence-corrected chi connectivity index (χ2v) is 5.61. The largest absolute Gasteiger partial charge is 0.482 e. The zero-order valence-electron chi connectivity index (χ0n) is 10.00. The van der Waals surface area contributed by atoms with E-state index in [9.17, 15) is 4.79 Å². The van der Waals surface area contributed by atoms with Gasteiger partial charge in [0.05, 0.1) is 10.0 Å². The van der Waals surface area contributed by atoms with E-state index in [1.54, 1.807) is 24.3 Å². The molecular weight excluding hydrogens is 342 g/mol. The van der Waals surface area contributed by atoms with Gasteiger partial charge in [0.2, 0.25) is 0 Å². The van der Waals surface area contributed by atoms with Crippen LogP contribution >= 0.6 is 46.4 Å². The molecule has 0 atom stereocenters. The van der Waals surface area contributed by atoms with Crippen molar-refractivity contribution in [3.05, 3.63) is 62.1 Å². The smallest absolute Gasteiger partial charge is 0.200 e. The average molecular weight is 350 g/mol. The summed E-state index contributed by atoms with van der Waals surface area (Å²) in [4.78, 5) is 12.0. The first-order chi connectivity index (χ1) is 9.47. The summed E-state index contributed by atoms with van der Waals surface area (Å²) in [7, 11) is 0. The fourth-order valence-corrected chi connectivity index (χ4v) is 2.67. The number of hydrogen-bond acceptors (Lipinski definition) is 2. The summed E-state index contributed by atoms with van der Waals surface area (Å²) in [5, 5.41) is 1.38. The predicted molar refractivity (Wildman–Crippen MR) is 82.7 cm³/mol. The summed E-state index contributed by atoms with van der Waals surface area (Å²) < 4.78 is 5.36. The highest BCUT2D eigenvalue weighted by Crippen LogP contribution is 2.35. The Balaban J connectivity index is 2.11. The molecule has 2 aromatic rings. The molecule has 0 aliphatic rings. The van der Waals surface area contributed by atoms with Gasteiger partial charge in [-0.1, -0.05) is 58.5 Å². The van der Waals surface area contributed by atoms with Crippen LogP contribution in [0.2, 0.25) is 20.1 Å². The minimum atomic E-state index is -0.227. The number of halogens is 4. The van der Waals surface area contributed by atoms with Crippen LogP contribution in [0.1, 0.15) is 10.4 Å². The molecule has 0 saturated carbocycles. The van der Waals surface area contributed by atoms with E-state index in [0.29, 0.717) is 15.6 Å². The maximum Gasteiger partial charge on any atom is 0.200 e. The molecule has 0 heterocycles. The van der Waals surface area contributed by atoms with E-state index in [1.165, 1.54) is 12.1 Å². The van der Waals surface area contributed by atoms with E-state index in [0.717, 1.165) is 0 Å². The fraction of sp³-hybridized carbons (Fsp3) is 0.0714. The molecule has 6 heteroatoms. The quantitative estimate of drug-likeness (QED) is 0.675. The van der Waals surface area contributed by atoms with Crippen molar-refractivity contribution in [2.45, 2.75) is 0 Å². The maximum absolute atomic E-state index is 12.0. The maximum atomic E-state index is 12.0. The zero-order valence-corrected chi connectivity index (χ0v) is 13.0. The Morgan fingerprint density at radius 1 is 0.950 bits per heavy atom. The Kier molecular flexibility index (Phi) is 5.17. The van der Waals surface area contributed by atoms with Crippen LogP contribution in [0.15, 0.2) is 36.4 Å². The molecule has 0 saturated heterocycles. The highest BCUT2D eigenvalue weighted by atomic mass is 35.5. The van der Waals surface area contributed by atoms with E-state index in [4.69, 9.17) is 51.1 Å². The van der Waals surface area contributed by atoms with E-state index < -0.39 is 0 Å². The topological polar surface area (TPSA) is 26.3 Å². The minimum absolute atomic E-state index is 0.193. The second kappa shape index (κ2) is 6.68. The lowest BCUT2D eigenvalue weighted by Crippen LogP contribution is -2.12. The Labute approximate surface area is 136 Å². The van der Waals surface area contributed by atoms with Crippen molar-refractivity contribution in [1.82, 2.24) is 0 Å². The zero-order chi connectivity index (χ0) is 14.7. The van der Waals surface area contributed by atoms with Crippen LogP contribution in [0.4, 0.5) is 0 Å². The van der Waals surface area contributed by atoms with Gasteiger partial charge in [0.25, 0.3) is 0 Å². The van der Waals surface area contributed by atoms with Crippen LogP contribution in [-0.4, -0.2) is 12.4 Å². The molecule has 0 fully saturated rings. The van der Waals surface area contributed by atoms with Crippen molar-refractivity contribution in [2.24, 2.45) is 0 Å². The molecular formula is C14H8Cl4O2. The normalized spacial score (nSPS) is 10.4. The van der Waals surface area contributed by atoms with E-state index in [1.807, 2.05) is 0 Å². The summed E-state index contributed by atoms with van der Waals surface area (Å²) in [5.41, 5.74) is 0.457. The molecule has 0 bridgehead atoms. The molecule has 2 rings (SSSR count). The first kappa shape index (κ1) is 15.5. The van der Waals surface area contributed by atoms with Gasteiger partial charge in [-0.2, -0.15) is 0 Å². The van der Waals surface area contributed by atoms with Crippen LogP contribution in [0.5, 0.6) is 5.75 Å². The average Bonchev–Trinajstić information content (AvgIpc) is 2.37. The van der Waals surface area contributed by atoms with Gasteiger partial charge in [-0.3, -0.25) is 4.79 Å². The van der Waals surface area contributed by atoms with E-state index in [-0.39, 0.29) is 28.2 Å². The molecule has 2 aromatic carbocycles. The minimum Gasteiger partial charge on any atom is -0.482 e. The van der Waals surface area contributed by atoms with Gasteiger partial charge in [0, 0.05) is 15.6 Å². The van der Waals surface area contributed by atoms with E-state index >= 15 is 0 Å². The lowest BCUT2D eigenvalue weighted by atomic mass is 10.1. The van der Waals surface area contributed by atoms with Crippen LogP contribution < -0.4 is 4.74 Å². The number of carbonyl (C=O) groups excluding carboxylic acids is 1. The van der Waals surface area contributed by atoms with Crippen molar-refractivity contribution < 1.29 is 9.53 Å². The number of ketones is 1. The Morgan fingerprint density at radius 2 is 1.60 bits per heavy atom. The van der Waals surface area contributed by atoms with Gasteiger partial charge in [-0.25, -0.2) is 0 Å². The second-order valence-electron chi connectivity index (χ2n) is 3.92. The van der Waals surface area contributed by atoms with Crippen LogP contribution in [0.25, 0.3) is 0 Å². The van der Waals surface area contributed by atoms with Crippen LogP contribution in [0.3, 0.4) is 0 Å². The Hall–Kier alpha value is -0.930. The molecule has 0 radical (unpaired) electrons. The van der Waals surface area contributed by atoms with E-state index in [2.05, 4.69) is 0 Å². The van der Waals surface area contributed by atoms with Gasteiger partial charge >= 0.3 is 0 Å². The van der Waals surface area contributed by atoms with Crippen LogP contribution in [0, 0.1) is 0 Å². The highest BCUT2D eigenvalue weighted by molar-refractivity contribution is 6.40. The van der Waals surface area contributed by atoms with Gasteiger partial charge in [0.1, 0.15) is 0 Å². The lowest BCUT2D eigenvalue weighted by molar-refractivity contribution is 0.0922. The first-order valence-electron chi connectivity index (χ1n) is 5.53. The predicted octanol–water partition coefficient (Wildman–Crippen LogP) is 5.56. The molecule has 0 aromatic heterocycles. The summed E-state index contributed by atoms with van der Waals surface area (Å²) in [6, 6.07) is 9.59. The Bertz CT molecular complexity index is 632. The summed E-state index contributed by atoms with van der Waals surface area (Å²) >= 11 is 23.5. The third-order valence-electron chi connectivity index (χ3n) is 2.46. The standard InChI is InChI=1S/C14H8Cl4O2/c15-9-3-1-2-8(4-9)13(19)7-20-14-11(17)5-10(16)6-12(14)18/h1-6H,7H2. The first-order valence-corrected chi connectivity index (χ1v) is 7.04. The number of benzene rings is 2. The van der Waals surface area contributed by atoms with Crippen molar-refractivity contribution >= 4 is 52.2 Å². The van der Waals surface area contributed by atoms with Crippen molar-refractivity contribution in [2.75, 3.05) is 6.61 Å². The Morgan fingerprint density at radius 3 is 2.20 bits per heavy atom. The SMILES string of the molecule is O=C(COc1c(Cl)cc(Cl)cc1Cl)c1cccc(Cl)c1. The summed E-state index contributed by atoms with van der Waals surface area (Å²) in [6.07, 6.45) is 0. The van der Waals surface area contributed by atoms with Gasteiger partial charge < -0.3 is 4.74 Å². The molecule has 0 aliphatic carbocycles. The van der Waals surface area contributed by atoms with Crippen molar-refractivity contribution in [3.63, 3.8) is 0 Å². The third kappa shape index (κ3) is 3.80.